The van der Waals surface area contributed by atoms with Crippen LogP contribution in [0.15, 0.2) is 48.5 Å². The topological polar surface area (TPSA) is 15.3 Å². The number of thiocarbonyl (C=S) groups is 1. The molecule has 0 unspecified atom stereocenters. The van der Waals surface area contributed by atoms with E-state index >= 15 is 0 Å². The van der Waals surface area contributed by atoms with Crippen LogP contribution in [0, 0.1) is 6.92 Å². The minimum absolute atomic E-state index is 0.509. The van der Waals surface area contributed by atoms with Crippen LogP contribution in [-0.2, 0) is 0 Å². The summed E-state index contributed by atoms with van der Waals surface area (Å²) in [6, 6.07) is 16.9. The fraction of sp³-hybridized carbons (Fsp3) is 0.316. The maximum Gasteiger partial charge on any atom is 0.177 e. The molecule has 1 N–H and O–H groups in total. The average molecular weight is 312 g/mol. The van der Waals surface area contributed by atoms with Crippen molar-refractivity contribution >= 4 is 28.7 Å². The molecule has 2 aromatic carbocycles. The highest BCUT2D eigenvalue weighted by Crippen LogP contribution is 2.21. The fourth-order valence-electron chi connectivity index (χ4n) is 2.41. The van der Waals surface area contributed by atoms with Crippen LogP contribution in [0.25, 0.3) is 0 Å². The van der Waals surface area contributed by atoms with E-state index in [1.54, 1.807) is 0 Å². The Labute approximate surface area is 139 Å². The number of hydrogen-bond donors (Lipinski definition) is 1. The predicted octanol–water partition coefficient (Wildman–Crippen LogP) is 5.34. The van der Waals surface area contributed by atoms with Crippen LogP contribution in [-0.4, -0.2) is 11.7 Å². The second-order valence-electron chi connectivity index (χ2n) is 5.79. The second kappa shape index (κ2) is 7.41. The van der Waals surface area contributed by atoms with E-state index < -0.39 is 0 Å². The van der Waals surface area contributed by atoms with Gasteiger partial charge in [-0.2, -0.15) is 0 Å². The van der Waals surface area contributed by atoms with E-state index in [0.717, 1.165) is 23.0 Å². The van der Waals surface area contributed by atoms with Gasteiger partial charge < -0.3 is 10.2 Å². The Balaban J connectivity index is 2.18. The minimum atomic E-state index is 0.509. The quantitative estimate of drug-likeness (QED) is 0.767. The number of nitrogens with zero attached hydrogens (tertiary/aromatic N) is 1. The molecule has 0 aliphatic carbocycles. The molecular formula is C19H24N2S. The van der Waals surface area contributed by atoms with Gasteiger partial charge in [0.25, 0.3) is 0 Å². The smallest absolute Gasteiger partial charge is 0.177 e. The van der Waals surface area contributed by atoms with Gasteiger partial charge in [-0.05, 0) is 67.4 Å². The van der Waals surface area contributed by atoms with Crippen molar-refractivity contribution in [1.29, 1.82) is 0 Å². The molecule has 0 fully saturated rings. The van der Waals surface area contributed by atoms with Crippen LogP contribution in [0.3, 0.4) is 0 Å². The van der Waals surface area contributed by atoms with Crippen molar-refractivity contribution < 1.29 is 0 Å². The predicted molar refractivity (Wildman–Crippen MR) is 101 cm³/mol. The fourth-order valence-corrected chi connectivity index (χ4v) is 2.76. The van der Waals surface area contributed by atoms with Gasteiger partial charge in [0.05, 0.1) is 0 Å². The van der Waals surface area contributed by atoms with Crippen molar-refractivity contribution in [1.82, 2.24) is 0 Å². The van der Waals surface area contributed by atoms with Crippen molar-refractivity contribution in [2.45, 2.75) is 33.6 Å². The van der Waals surface area contributed by atoms with E-state index in [1.165, 1.54) is 11.1 Å². The van der Waals surface area contributed by atoms with E-state index in [0.29, 0.717) is 5.92 Å². The summed E-state index contributed by atoms with van der Waals surface area (Å²) in [5, 5.41) is 4.09. The Kier molecular flexibility index (Phi) is 5.56. The van der Waals surface area contributed by atoms with Crippen molar-refractivity contribution in [3.8, 4) is 0 Å². The van der Waals surface area contributed by atoms with Gasteiger partial charge in [-0.25, -0.2) is 0 Å². The van der Waals surface area contributed by atoms with E-state index in [9.17, 15) is 0 Å². The molecule has 0 saturated carbocycles. The van der Waals surface area contributed by atoms with E-state index in [4.69, 9.17) is 12.2 Å². The lowest BCUT2D eigenvalue weighted by Crippen LogP contribution is -2.34. The largest absolute Gasteiger partial charge is 0.332 e. The minimum Gasteiger partial charge on any atom is -0.332 e. The third-order valence-electron chi connectivity index (χ3n) is 3.68. The summed E-state index contributed by atoms with van der Waals surface area (Å²) in [6.45, 7) is 9.44. The van der Waals surface area contributed by atoms with Gasteiger partial charge in [0.2, 0.25) is 0 Å². The number of anilines is 2. The normalized spacial score (nSPS) is 10.6. The third-order valence-corrected chi connectivity index (χ3v) is 4.00. The SMILES string of the molecule is CCN(C(=S)Nc1cccc(C(C)C)c1)c1cccc(C)c1. The Hall–Kier alpha value is -1.87. The van der Waals surface area contributed by atoms with E-state index in [1.807, 2.05) is 0 Å². The summed E-state index contributed by atoms with van der Waals surface area (Å²) in [5.41, 5.74) is 4.72. The van der Waals surface area contributed by atoms with Crippen molar-refractivity contribution in [3.63, 3.8) is 0 Å². The molecule has 2 aromatic rings. The second-order valence-corrected chi connectivity index (χ2v) is 6.18. The Morgan fingerprint density at radius 1 is 1.14 bits per heavy atom. The standard InChI is InChI=1S/C19H24N2S/c1-5-21(18-11-6-8-15(4)12-18)19(22)20-17-10-7-9-16(13-17)14(2)3/h6-14H,5H2,1-4H3,(H,20,22). The zero-order valence-corrected chi connectivity index (χ0v) is 14.6. The van der Waals surface area contributed by atoms with Crippen LogP contribution in [0.1, 0.15) is 37.8 Å². The first-order chi connectivity index (χ1) is 10.5. The molecule has 0 saturated heterocycles. The summed E-state index contributed by atoms with van der Waals surface area (Å²) in [6.07, 6.45) is 0. The molecule has 0 aromatic heterocycles. The average Bonchev–Trinajstić information content (AvgIpc) is 2.48. The zero-order chi connectivity index (χ0) is 16.1. The molecule has 0 spiro atoms. The number of rotatable bonds is 4. The molecule has 3 heteroatoms. The summed E-state index contributed by atoms with van der Waals surface area (Å²) >= 11 is 5.61. The van der Waals surface area contributed by atoms with Crippen molar-refractivity contribution in [2.24, 2.45) is 0 Å². The zero-order valence-electron chi connectivity index (χ0n) is 13.8. The molecule has 0 heterocycles. The number of hydrogen-bond acceptors (Lipinski definition) is 1. The molecule has 0 radical (unpaired) electrons. The molecule has 0 aliphatic rings. The Morgan fingerprint density at radius 3 is 2.50 bits per heavy atom. The number of benzene rings is 2. The van der Waals surface area contributed by atoms with Crippen LogP contribution < -0.4 is 10.2 Å². The Bertz CT molecular complexity index is 649. The highest BCUT2D eigenvalue weighted by atomic mass is 32.1. The van der Waals surface area contributed by atoms with Crippen LogP contribution in [0.2, 0.25) is 0 Å². The van der Waals surface area contributed by atoms with Gasteiger partial charge in [0, 0.05) is 17.9 Å². The third kappa shape index (κ3) is 4.08. The molecule has 116 valence electrons. The lowest BCUT2D eigenvalue weighted by Gasteiger charge is -2.25. The molecule has 0 amide bonds. The highest BCUT2D eigenvalue weighted by molar-refractivity contribution is 7.80. The van der Waals surface area contributed by atoms with Gasteiger partial charge in [-0.3, -0.25) is 0 Å². The Morgan fingerprint density at radius 2 is 1.86 bits per heavy atom. The maximum absolute atomic E-state index is 5.61. The van der Waals surface area contributed by atoms with Crippen LogP contribution in [0.5, 0.6) is 0 Å². The molecule has 22 heavy (non-hydrogen) atoms. The van der Waals surface area contributed by atoms with E-state index in [2.05, 4.69) is 86.4 Å². The molecule has 0 atom stereocenters. The van der Waals surface area contributed by atoms with E-state index in [-0.39, 0.29) is 0 Å². The van der Waals surface area contributed by atoms with Gasteiger partial charge in [0.15, 0.2) is 5.11 Å². The molecular weight excluding hydrogens is 288 g/mol. The highest BCUT2D eigenvalue weighted by Gasteiger charge is 2.11. The van der Waals surface area contributed by atoms with Crippen LogP contribution >= 0.6 is 12.2 Å². The summed E-state index contributed by atoms with van der Waals surface area (Å²) in [7, 11) is 0. The first kappa shape index (κ1) is 16.5. The lowest BCUT2D eigenvalue weighted by molar-refractivity contribution is 0.867. The number of aryl methyl sites for hydroxylation is 1. The summed E-state index contributed by atoms with van der Waals surface area (Å²) in [5.74, 6) is 0.509. The van der Waals surface area contributed by atoms with Crippen molar-refractivity contribution in [3.05, 3.63) is 59.7 Å². The first-order valence-corrected chi connectivity index (χ1v) is 8.17. The lowest BCUT2D eigenvalue weighted by atomic mass is 10.0. The van der Waals surface area contributed by atoms with Gasteiger partial charge >= 0.3 is 0 Å². The summed E-state index contributed by atoms with van der Waals surface area (Å²) in [4.78, 5) is 2.12. The molecule has 2 rings (SSSR count). The molecule has 0 bridgehead atoms. The monoisotopic (exact) mass is 312 g/mol. The summed E-state index contributed by atoms with van der Waals surface area (Å²) < 4.78 is 0. The van der Waals surface area contributed by atoms with Gasteiger partial charge in [-0.15, -0.1) is 0 Å². The molecule has 2 nitrogen and oxygen atoms in total. The van der Waals surface area contributed by atoms with Crippen LogP contribution in [0.4, 0.5) is 11.4 Å². The first-order valence-electron chi connectivity index (χ1n) is 7.76. The van der Waals surface area contributed by atoms with Gasteiger partial charge in [-0.1, -0.05) is 38.1 Å². The molecule has 0 aliphatic heterocycles. The number of nitrogens with one attached hydrogen (secondary N) is 1. The van der Waals surface area contributed by atoms with Crippen molar-refractivity contribution in [2.75, 3.05) is 16.8 Å². The van der Waals surface area contributed by atoms with Gasteiger partial charge in [0.1, 0.15) is 0 Å². The maximum atomic E-state index is 5.61.